The van der Waals surface area contributed by atoms with E-state index in [2.05, 4.69) is 28.5 Å². The molecule has 5 rings (SSSR count). The Hall–Kier alpha value is -3.23. The first-order valence-corrected chi connectivity index (χ1v) is 10.7. The lowest BCUT2D eigenvalue weighted by atomic mass is 10.1. The lowest BCUT2D eigenvalue weighted by molar-refractivity contribution is -0.120. The molecular weight excluding hydrogens is 400 g/mol. The molecule has 7 nitrogen and oxygen atoms in total. The maximum atomic E-state index is 10.6. The second-order valence-corrected chi connectivity index (χ2v) is 7.99. The number of ether oxygens (including phenoxy) is 2. The van der Waals surface area contributed by atoms with Crippen molar-refractivity contribution in [1.82, 2.24) is 14.8 Å². The van der Waals surface area contributed by atoms with Gasteiger partial charge in [-0.25, -0.2) is 4.68 Å². The van der Waals surface area contributed by atoms with Crippen molar-refractivity contribution < 1.29 is 14.3 Å². The van der Waals surface area contributed by atoms with Crippen LogP contribution in [0, 0.1) is 5.92 Å². The molecule has 0 bridgehead atoms. The van der Waals surface area contributed by atoms with E-state index < -0.39 is 0 Å². The van der Waals surface area contributed by atoms with Crippen molar-refractivity contribution in [3.05, 3.63) is 53.9 Å². The molecule has 1 N–H and O–H groups in total. The molecular formula is C22H20N4O3S. The smallest absolute Gasteiger partial charge is 0.299 e. The molecule has 2 aromatic carbocycles. The average Bonchev–Trinajstić information content (AvgIpc) is 3.53. The van der Waals surface area contributed by atoms with Crippen LogP contribution in [0.4, 0.5) is 5.69 Å². The Morgan fingerprint density at radius 2 is 2.17 bits per heavy atom. The standard InChI is InChI=1S/C22H20N4O3S/c27-14-29-20-13-30-22(24-20)26-19-10-17(23-11-15-8-9-28-12-15)6-7-18(19)21(25-26)16-4-2-1-3-5-16/h1-7,10,13-15,23H,8-9,11-12H2. The molecule has 0 aliphatic carbocycles. The molecule has 0 radical (unpaired) electrons. The normalized spacial score (nSPS) is 16.1. The number of carbonyl (C=O) groups excluding carboxylic acids is 1. The molecule has 3 heterocycles. The Balaban J connectivity index is 1.56. The Bertz CT molecular complexity index is 1170. The van der Waals surface area contributed by atoms with Crippen molar-refractivity contribution in [2.75, 3.05) is 25.1 Å². The number of hydrogen-bond donors (Lipinski definition) is 1. The molecule has 152 valence electrons. The van der Waals surface area contributed by atoms with E-state index in [1.807, 2.05) is 35.0 Å². The van der Waals surface area contributed by atoms with E-state index >= 15 is 0 Å². The van der Waals surface area contributed by atoms with Crippen molar-refractivity contribution in [2.24, 2.45) is 5.92 Å². The van der Waals surface area contributed by atoms with E-state index in [0.29, 0.717) is 17.5 Å². The van der Waals surface area contributed by atoms with Gasteiger partial charge in [-0.05, 0) is 24.6 Å². The minimum Gasteiger partial charge on any atom is -0.409 e. The van der Waals surface area contributed by atoms with Gasteiger partial charge in [-0.15, -0.1) is 0 Å². The quantitative estimate of drug-likeness (QED) is 0.453. The monoisotopic (exact) mass is 420 g/mol. The first-order chi connectivity index (χ1) is 14.8. The van der Waals surface area contributed by atoms with Gasteiger partial charge >= 0.3 is 0 Å². The number of carbonyl (C=O) groups is 1. The first-order valence-electron chi connectivity index (χ1n) is 9.78. The minimum absolute atomic E-state index is 0.269. The molecule has 1 saturated heterocycles. The SMILES string of the molecule is O=COc1csc(-n2nc(-c3ccccc3)c3ccc(NCC4CCOC4)cc32)n1. The number of fused-ring (bicyclic) bond motifs is 1. The van der Waals surface area contributed by atoms with E-state index in [1.54, 1.807) is 5.38 Å². The molecule has 8 heteroatoms. The third kappa shape index (κ3) is 3.67. The fourth-order valence-corrected chi connectivity index (χ4v) is 4.33. The van der Waals surface area contributed by atoms with Gasteiger partial charge in [0.25, 0.3) is 6.47 Å². The number of rotatable bonds is 7. The van der Waals surface area contributed by atoms with Crippen LogP contribution >= 0.6 is 11.3 Å². The summed E-state index contributed by atoms with van der Waals surface area (Å²) in [6, 6.07) is 16.3. The molecule has 0 spiro atoms. The van der Waals surface area contributed by atoms with Crippen LogP contribution in [0.2, 0.25) is 0 Å². The largest absolute Gasteiger partial charge is 0.409 e. The van der Waals surface area contributed by atoms with Crippen LogP contribution in [-0.4, -0.2) is 41.0 Å². The fraction of sp³-hybridized carbons (Fsp3) is 0.227. The van der Waals surface area contributed by atoms with Crippen LogP contribution in [-0.2, 0) is 9.53 Å². The molecule has 1 atom stereocenters. The number of anilines is 1. The average molecular weight is 420 g/mol. The highest BCUT2D eigenvalue weighted by atomic mass is 32.1. The minimum atomic E-state index is 0.269. The third-order valence-electron chi connectivity index (χ3n) is 5.17. The summed E-state index contributed by atoms with van der Waals surface area (Å²) in [4.78, 5) is 15.0. The molecule has 30 heavy (non-hydrogen) atoms. The number of nitrogens with one attached hydrogen (secondary N) is 1. The molecule has 2 aromatic heterocycles. The van der Waals surface area contributed by atoms with Crippen LogP contribution in [0.3, 0.4) is 0 Å². The molecule has 1 unspecified atom stereocenters. The van der Waals surface area contributed by atoms with E-state index in [-0.39, 0.29) is 5.88 Å². The summed E-state index contributed by atoms with van der Waals surface area (Å²) >= 11 is 1.37. The van der Waals surface area contributed by atoms with Crippen molar-refractivity contribution in [3.8, 4) is 22.3 Å². The number of hydrogen-bond acceptors (Lipinski definition) is 7. The van der Waals surface area contributed by atoms with E-state index in [1.165, 1.54) is 11.3 Å². The van der Waals surface area contributed by atoms with Crippen LogP contribution in [0.25, 0.3) is 27.3 Å². The predicted octanol–water partition coefficient (Wildman–Crippen LogP) is 4.13. The van der Waals surface area contributed by atoms with Crippen molar-refractivity contribution >= 4 is 34.4 Å². The summed E-state index contributed by atoms with van der Waals surface area (Å²) in [5.41, 5.74) is 3.88. The Morgan fingerprint density at radius 1 is 1.27 bits per heavy atom. The highest BCUT2D eigenvalue weighted by Crippen LogP contribution is 2.33. The fourth-order valence-electron chi connectivity index (χ4n) is 3.64. The van der Waals surface area contributed by atoms with Crippen molar-refractivity contribution in [1.29, 1.82) is 0 Å². The van der Waals surface area contributed by atoms with Gasteiger partial charge in [0, 0.05) is 35.7 Å². The Labute approximate surface area is 177 Å². The van der Waals surface area contributed by atoms with Gasteiger partial charge in [0.1, 0.15) is 5.69 Å². The third-order valence-corrected chi connectivity index (χ3v) is 5.96. The summed E-state index contributed by atoms with van der Waals surface area (Å²) < 4.78 is 12.2. The Morgan fingerprint density at radius 3 is 2.97 bits per heavy atom. The second kappa shape index (κ2) is 8.25. The number of nitrogens with zero attached hydrogens (tertiary/aromatic N) is 3. The molecule has 4 aromatic rings. The molecule has 1 fully saturated rings. The Kier molecular flexibility index (Phi) is 5.17. The van der Waals surface area contributed by atoms with Gasteiger partial charge < -0.3 is 14.8 Å². The topological polar surface area (TPSA) is 78.3 Å². The summed E-state index contributed by atoms with van der Waals surface area (Å²) in [7, 11) is 0. The first kappa shape index (κ1) is 18.8. The molecule has 0 amide bonds. The highest BCUT2D eigenvalue weighted by molar-refractivity contribution is 7.12. The summed E-state index contributed by atoms with van der Waals surface area (Å²) in [5, 5.41) is 11.7. The lowest BCUT2D eigenvalue weighted by Gasteiger charge is -2.11. The summed E-state index contributed by atoms with van der Waals surface area (Å²) in [6.07, 6.45) is 1.09. The second-order valence-electron chi connectivity index (χ2n) is 7.15. The molecule has 1 aliphatic heterocycles. The maximum absolute atomic E-state index is 10.6. The zero-order valence-corrected chi connectivity index (χ0v) is 17.0. The van der Waals surface area contributed by atoms with E-state index in [9.17, 15) is 4.79 Å². The van der Waals surface area contributed by atoms with Crippen LogP contribution < -0.4 is 10.1 Å². The lowest BCUT2D eigenvalue weighted by Crippen LogP contribution is -2.13. The summed E-state index contributed by atoms with van der Waals surface area (Å²) in [6.45, 7) is 2.90. The van der Waals surface area contributed by atoms with E-state index in [0.717, 1.165) is 54.0 Å². The molecule has 0 saturated carbocycles. The van der Waals surface area contributed by atoms with Gasteiger partial charge in [-0.1, -0.05) is 41.7 Å². The van der Waals surface area contributed by atoms with Crippen LogP contribution in [0.15, 0.2) is 53.9 Å². The van der Waals surface area contributed by atoms with Crippen LogP contribution in [0.1, 0.15) is 6.42 Å². The van der Waals surface area contributed by atoms with Crippen molar-refractivity contribution in [3.63, 3.8) is 0 Å². The van der Waals surface area contributed by atoms with E-state index in [4.69, 9.17) is 14.6 Å². The number of aromatic nitrogens is 3. The van der Waals surface area contributed by atoms with Gasteiger partial charge in [0.2, 0.25) is 11.0 Å². The zero-order chi connectivity index (χ0) is 20.3. The van der Waals surface area contributed by atoms with Gasteiger partial charge in [0.05, 0.1) is 17.5 Å². The highest BCUT2D eigenvalue weighted by Gasteiger charge is 2.18. The van der Waals surface area contributed by atoms with Gasteiger partial charge in [-0.3, -0.25) is 4.79 Å². The van der Waals surface area contributed by atoms with Gasteiger partial charge in [0.15, 0.2) is 0 Å². The van der Waals surface area contributed by atoms with Gasteiger partial charge in [-0.2, -0.15) is 10.1 Å². The predicted molar refractivity (Wildman–Crippen MR) is 116 cm³/mol. The number of benzene rings is 2. The summed E-state index contributed by atoms with van der Waals surface area (Å²) in [5.74, 6) is 0.804. The zero-order valence-electron chi connectivity index (χ0n) is 16.2. The number of thiazole rings is 1. The molecule has 1 aliphatic rings. The maximum Gasteiger partial charge on any atom is 0.299 e. The van der Waals surface area contributed by atoms with Crippen LogP contribution in [0.5, 0.6) is 5.88 Å². The van der Waals surface area contributed by atoms with Crippen molar-refractivity contribution in [2.45, 2.75) is 6.42 Å².